The average molecular weight is 262 g/mol. The van der Waals surface area contributed by atoms with Gasteiger partial charge in [-0.25, -0.2) is 8.42 Å². The van der Waals surface area contributed by atoms with Gasteiger partial charge in [-0.05, 0) is 39.0 Å². The molecule has 0 aliphatic rings. The largest absolute Gasteiger partial charge is 0.228 e. The predicted molar refractivity (Wildman–Crippen MR) is 76.1 cm³/mol. The molecule has 0 atom stereocenters. The van der Waals surface area contributed by atoms with Crippen LogP contribution in [0.1, 0.15) is 73.6 Å². The Kier molecular flexibility index (Phi) is 6.20. The fraction of sp³-hybridized carbons (Fsp3) is 1.00. The minimum atomic E-state index is -2.91. The van der Waals surface area contributed by atoms with Gasteiger partial charge in [0.05, 0.1) is 10.5 Å². The summed E-state index contributed by atoms with van der Waals surface area (Å²) in [5.41, 5.74) is 0.400. The van der Waals surface area contributed by atoms with Crippen LogP contribution in [-0.2, 0) is 9.84 Å². The van der Waals surface area contributed by atoms with Gasteiger partial charge >= 0.3 is 0 Å². The van der Waals surface area contributed by atoms with Crippen molar-refractivity contribution in [3.8, 4) is 0 Å². The molecule has 0 rings (SSSR count). The summed E-state index contributed by atoms with van der Waals surface area (Å²) in [4.78, 5) is 0. The number of hydrogen-bond acceptors (Lipinski definition) is 2. The van der Waals surface area contributed by atoms with E-state index in [1.807, 2.05) is 0 Å². The normalized spacial score (nSPS) is 14.0. The van der Waals surface area contributed by atoms with Gasteiger partial charge in [0.2, 0.25) is 0 Å². The summed E-state index contributed by atoms with van der Waals surface area (Å²) < 4.78 is 23.1. The van der Waals surface area contributed by atoms with Crippen LogP contribution in [0.2, 0.25) is 0 Å². The molecular weight excluding hydrogens is 232 g/mol. The van der Waals surface area contributed by atoms with E-state index in [9.17, 15) is 8.42 Å². The van der Waals surface area contributed by atoms with Crippen molar-refractivity contribution in [1.82, 2.24) is 0 Å². The SMILES string of the molecule is CC(C)(C)CCCCCCS(=O)(=O)C(C)(C)C. The molecule has 0 unspecified atom stereocenters. The van der Waals surface area contributed by atoms with Crippen molar-refractivity contribution in [3.05, 3.63) is 0 Å². The number of unbranched alkanes of at least 4 members (excludes halogenated alkanes) is 3. The highest BCUT2D eigenvalue weighted by Crippen LogP contribution is 2.23. The first-order valence-corrected chi connectivity index (χ1v) is 8.33. The summed E-state index contributed by atoms with van der Waals surface area (Å²) in [6.07, 6.45) is 5.42. The van der Waals surface area contributed by atoms with Gasteiger partial charge in [-0.15, -0.1) is 0 Å². The maximum absolute atomic E-state index is 11.8. The second kappa shape index (κ2) is 6.21. The van der Waals surface area contributed by atoms with Crippen molar-refractivity contribution in [2.75, 3.05) is 5.75 Å². The standard InChI is InChI=1S/C14H30O2S/c1-13(2,3)11-9-7-8-10-12-17(15,16)14(4,5)6/h7-12H2,1-6H3. The number of hydrogen-bond donors (Lipinski definition) is 0. The van der Waals surface area contributed by atoms with E-state index in [0.717, 1.165) is 19.3 Å². The van der Waals surface area contributed by atoms with Gasteiger partial charge in [-0.1, -0.05) is 40.0 Å². The lowest BCUT2D eigenvalue weighted by Crippen LogP contribution is -2.30. The van der Waals surface area contributed by atoms with E-state index < -0.39 is 14.6 Å². The Bertz CT molecular complexity index is 302. The Morgan fingerprint density at radius 1 is 0.765 bits per heavy atom. The summed E-state index contributed by atoms with van der Waals surface area (Å²) >= 11 is 0. The highest BCUT2D eigenvalue weighted by atomic mass is 32.2. The Morgan fingerprint density at radius 3 is 1.65 bits per heavy atom. The van der Waals surface area contributed by atoms with Crippen LogP contribution in [-0.4, -0.2) is 18.9 Å². The van der Waals surface area contributed by atoms with Gasteiger partial charge in [0, 0.05) is 0 Å². The molecule has 0 bridgehead atoms. The molecule has 17 heavy (non-hydrogen) atoms. The highest BCUT2D eigenvalue weighted by molar-refractivity contribution is 7.92. The fourth-order valence-corrected chi connectivity index (χ4v) is 2.80. The zero-order chi connectivity index (χ0) is 13.7. The third kappa shape index (κ3) is 7.80. The Balaban J connectivity index is 3.74. The van der Waals surface area contributed by atoms with Gasteiger partial charge in [0.1, 0.15) is 0 Å². The molecule has 0 saturated heterocycles. The lowest BCUT2D eigenvalue weighted by molar-refractivity contribution is 0.357. The molecule has 0 radical (unpaired) electrons. The summed E-state index contributed by atoms with van der Waals surface area (Å²) in [7, 11) is -2.91. The van der Waals surface area contributed by atoms with Gasteiger partial charge in [0.25, 0.3) is 0 Å². The van der Waals surface area contributed by atoms with Crippen LogP contribution in [0.5, 0.6) is 0 Å². The van der Waals surface area contributed by atoms with Crippen molar-refractivity contribution in [3.63, 3.8) is 0 Å². The van der Waals surface area contributed by atoms with Crippen LogP contribution in [0.4, 0.5) is 0 Å². The van der Waals surface area contributed by atoms with Crippen LogP contribution >= 0.6 is 0 Å². The summed E-state index contributed by atoms with van der Waals surface area (Å²) in [6.45, 7) is 12.1. The smallest absolute Gasteiger partial charge is 0.155 e. The quantitative estimate of drug-likeness (QED) is 0.672. The molecule has 0 N–H and O–H groups in total. The summed E-state index contributed by atoms with van der Waals surface area (Å²) in [6, 6.07) is 0. The first-order valence-electron chi connectivity index (χ1n) is 6.68. The molecular formula is C14H30O2S. The molecule has 0 spiro atoms. The van der Waals surface area contributed by atoms with E-state index in [0.29, 0.717) is 11.2 Å². The monoisotopic (exact) mass is 262 g/mol. The molecule has 3 heteroatoms. The topological polar surface area (TPSA) is 34.1 Å². The van der Waals surface area contributed by atoms with Crippen molar-refractivity contribution in [2.45, 2.75) is 78.4 Å². The van der Waals surface area contributed by atoms with Crippen LogP contribution in [0.25, 0.3) is 0 Å². The first-order chi connectivity index (χ1) is 7.46. The molecule has 0 aromatic carbocycles. The summed E-state index contributed by atoms with van der Waals surface area (Å²) in [5.74, 6) is 0.339. The molecule has 0 saturated carbocycles. The zero-order valence-corrected chi connectivity index (χ0v) is 13.3. The second-order valence-electron chi connectivity index (χ2n) is 7.16. The van der Waals surface area contributed by atoms with Crippen LogP contribution in [0.3, 0.4) is 0 Å². The molecule has 0 amide bonds. The van der Waals surface area contributed by atoms with Crippen molar-refractivity contribution in [2.24, 2.45) is 5.41 Å². The van der Waals surface area contributed by atoms with E-state index in [4.69, 9.17) is 0 Å². The first kappa shape index (κ1) is 16.9. The molecule has 0 aliphatic carbocycles. The van der Waals surface area contributed by atoms with Crippen molar-refractivity contribution < 1.29 is 8.42 Å². The molecule has 0 aromatic heterocycles. The van der Waals surface area contributed by atoms with Gasteiger partial charge < -0.3 is 0 Å². The molecule has 2 nitrogen and oxygen atoms in total. The lowest BCUT2D eigenvalue weighted by Gasteiger charge is -2.19. The van der Waals surface area contributed by atoms with Gasteiger partial charge in [-0.2, -0.15) is 0 Å². The maximum Gasteiger partial charge on any atom is 0.155 e. The minimum absolute atomic E-state index is 0.339. The molecule has 0 aliphatic heterocycles. The van der Waals surface area contributed by atoms with Gasteiger partial charge in [-0.3, -0.25) is 0 Å². The van der Waals surface area contributed by atoms with Crippen LogP contribution in [0, 0.1) is 5.41 Å². The Morgan fingerprint density at radius 2 is 1.24 bits per heavy atom. The zero-order valence-electron chi connectivity index (χ0n) is 12.5. The molecule has 0 fully saturated rings. The highest BCUT2D eigenvalue weighted by Gasteiger charge is 2.27. The van der Waals surface area contributed by atoms with Gasteiger partial charge in [0.15, 0.2) is 9.84 Å². The Hall–Kier alpha value is -0.0500. The van der Waals surface area contributed by atoms with E-state index in [1.54, 1.807) is 20.8 Å². The second-order valence-corrected chi connectivity index (χ2v) is 10.0. The van der Waals surface area contributed by atoms with Crippen molar-refractivity contribution >= 4 is 9.84 Å². The van der Waals surface area contributed by atoms with E-state index in [1.165, 1.54) is 12.8 Å². The van der Waals surface area contributed by atoms with Crippen molar-refractivity contribution in [1.29, 1.82) is 0 Å². The molecule has 0 aromatic rings. The summed E-state index contributed by atoms with van der Waals surface area (Å²) in [5, 5.41) is 0. The lowest BCUT2D eigenvalue weighted by atomic mass is 9.89. The molecule has 0 heterocycles. The molecule has 104 valence electrons. The van der Waals surface area contributed by atoms with Crippen LogP contribution < -0.4 is 0 Å². The fourth-order valence-electron chi connectivity index (χ4n) is 1.61. The van der Waals surface area contributed by atoms with Crippen LogP contribution in [0.15, 0.2) is 0 Å². The number of rotatable bonds is 6. The average Bonchev–Trinajstić information content (AvgIpc) is 2.07. The maximum atomic E-state index is 11.8. The Labute approximate surface area is 108 Å². The predicted octanol–water partition coefficient (Wildman–Crippen LogP) is 4.20. The van der Waals surface area contributed by atoms with E-state index in [-0.39, 0.29) is 0 Å². The van der Waals surface area contributed by atoms with E-state index in [2.05, 4.69) is 20.8 Å². The third-order valence-corrected chi connectivity index (χ3v) is 5.72. The number of sulfone groups is 1. The van der Waals surface area contributed by atoms with E-state index >= 15 is 0 Å². The minimum Gasteiger partial charge on any atom is -0.228 e. The third-order valence-electron chi connectivity index (χ3n) is 3.02.